The molecule has 1 aliphatic rings. The van der Waals surface area contributed by atoms with Crippen molar-refractivity contribution in [3.63, 3.8) is 0 Å². The number of amides is 3. The maximum Gasteiger partial charge on any atom is 0.319 e. The van der Waals surface area contributed by atoms with E-state index in [0.717, 1.165) is 18.4 Å². The lowest BCUT2D eigenvalue weighted by Crippen LogP contribution is -2.30. The summed E-state index contributed by atoms with van der Waals surface area (Å²) in [7, 11) is 0. The molecule has 0 atom stereocenters. The summed E-state index contributed by atoms with van der Waals surface area (Å²) in [6.07, 6.45) is 2.59. The lowest BCUT2D eigenvalue weighted by atomic mass is 10.1. The first-order valence-corrected chi connectivity index (χ1v) is 8.30. The van der Waals surface area contributed by atoms with Crippen LogP contribution in [0.15, 0.2) is 48.5 Å². The van der Waals surface area contributed by atoms with Crippen molar-refractivity contribution in [3.05, 3.63) is 65.5 Å². The second kappa shape index (κ2) is 7.79. The molecule has 0 bridgehead atoms. The number of benzene rings is 2. The van der Waals surface area contributed by atoms with Crippen LogP contribution in [0.2, 0.25) is 0 Å². The summed E-state index contributed by atoms with van der Waals surface area (Å²) in [6.45, 7) is 0.386. The van der Waals surface area contributed by atoms with Crippen LogP contribution in [0.1, 0.15) is 28.8 Å². The zero-order valence-corrected chi connectivity index (χ0v) is 13.7. The van der Waals surface area contributed by atoms with E-state index in [1.807, 2.05) is 6.07 Å². The van der Waals surface area contributed by atoms with Gasteiger partial charge in [-0.1, -0.05) is 18.2 Å². The first kappa shape index (κ1) is 17.0. The largest absolute Gasteiger partial charge is 0.349 e. The molecule has 3 rings (SSSR count). The van der Waals surface area contributed by atoms with Gasteiger partial charge in [0.25, 0.3) is 5.91 Å². The van der Waals surface area contributed by atoms with E-state index >= 15 is 0 Å². The minimum Gasteiger partial charge on any atom is -0.349 e. The molecular formula is C19H20FN3O2. The molecule has 5 nitrogen and oxygen atoms in total. The Morgan fingerprint density at radius 1 is 1.08 bits per heavy atom. The number of hydrogen-bond donors (Lipinski definition) is 3. The van der Waals surface area contributed by atoms with Crippen LogP contribution in [0.4, 0.5) is 14.9 Å². The van der Waals surface area contributed by atoms with Crippen LogP contribution in [0.5, 0.6) is 0 Å². The van der Waals surface area contributed by atoms with Crippen LogP contribution >= 0.6 is 0 Å². The Labute approximate surface area is 145 Å². The molecule has 0 radical (unpaired) electrons. The van der Waals surface area contributed by atoms with Crippen LogP contribution in [-0.4, -0.2) is 24.5 Å². The molecule has 0 unspecified atom stereocenters. The van der Waals surface area contributed by atoms with Gasteiger partial charge in [-0.05, 0) is 55.2 Å². The summed E-state index contributed by atoms with van der Waals surface area (Å²) < 4.78 is 13.1. The van der Waals surface area contributed by atoms with E-state index in [4.69, 9.17) is 0 Å². The number of nitrogens with one attached hydrogen (secondary N) is 3. The molecule has 6 heteroatoms. The minimum absolute atomic E-state index is 0.127. The molecule has 2 aromatic carbocycles. The molecule has 1 saturated carbocycles. The van der Waals surface area contributed by atoms with Crippen molar-refractivity contribution in [2.45, 2.75) is 25.3 Å². The van der Waals surface area contributed by atoms with Crippen LogP contribution in [0.25, 0.3) is 0 Å². The fraction of sp³-hybridized carbons (Fsp3) is 0.263. The van der Waals surface area contributed by atoms with E-state index in [-0.39, 0.29) is 23.8 Å². The maximum absolute atomic E-state index is 13.1. The molecule has 3 N–H and O–H groups in total. The van der Waals surface area contributed by atoms with E-state index in [9.17, 15) is 14.0 Å². The topological polar surface area (TPSA) is 70.2 Å². The summed E-state index contributed by atoms with van der Waals surface area (Å²) in [4.78, 5) is 24.0. The highest BCUT2D eigenvalue weighted by Gasteiger charge is 2.23. The SMILES string of the molecule is O=C(NCCc1cccc(F)c1)Nc1cccc(C(=O)NC2CC2)c1. The number of rotatable bonds is 6. The highest BCUT2D eigenvalue weighted by molar-refractivity contribution is 5.97. The van der Waals surface area contributed by atoms with Gasteiger partial charge in [0, 0.05) is 23.8 Å². The van der Waals surface area contributed by atoms with Crippen LogP contribution in [0, 0.1) is 5.82 Å². The Hall–Kier alpha value is -2.89. The molecule has 3 amide bonds. The zero-order chi connectivity index (χ0) is 17.6. The molecule has 130 valence electrons. The fourth-order valence-corrected chi connectivity index (χ4v) is 2.42. The van der Waals surface area contributed by atoms with Gasteiger partial charge in [-0.15, -0.1) is 0 Å². The van der Waals surface area contributed by atoms with Gasteiger partial charge in [0.15, 0.2) is 0 Å². The summed E-state index contributed by atoms with van der Waals surface area (Å²) >= 11 is 0. The number of anilines is 1. The number of carbonyl (C=O) groups excluding carboxylic acids is 2. The average Bonchev–Trinajstić information content (AvgIpc) is 3.39. The summed E-state index contributed by atoms with van der Waals surface area (Å²) in [5.74, 6) is -0.416. The van der Waals surface area contributed by atoms with Gasteiger partial charge in [0.1, 0.15) is 5.82 Å². The van der Waals surface area contributed by atoms with Gasteiger partial charge >= 0.3 is 6.03 Å². The molecule has 2 aromatic rings. The summed E-state index contributed by atoms with van der Waals surface area (Å²) in [5.41, 5.74) is 1.88. The van der Waals surface area contributed by atoms with E-state index in [1.54, 1.807) is 30.3 Å². The molecule has 1 fully saturated rings. The first-order chi connectivity index (χ1) is 12.1. The molecule has 0 spiro atoms. The third kappa shape index (κ3) is 5.31. The number of carbonyl (C=O) groups is 2. The maximum atomic E-state index is 13.1. The zero-order valence-electron chi connectivity index (χ0n) is 13.7. The van der Waals surface area contributed by atoms with Crippen molar-refractivity contribution in [2.75, 3.05) is 11.9 Å². The first-order valence-electron chi connectivity index (χ1n) is 8.30. The van der Waals surface area contributed by atoms with Gasteiger partial charge in [-0.25, -0.2) is 9.18 Å². The van der Waals surface area contributed by atoms with Crippen molar-refractivity contribution in [1.82, 2.24) is 10.6 Å². The van der Waals surface area contributed by atoms with Gasteiger partial charge in [0.05, 0.1) is 0 Å². The number of hydrogen-bond acceptors (Lipinski definition) is 2. The third-order valence-corrected chi connectivity index (χ3v) is 3.88. The monoisotopic (exact) mass is 341 g/mol. The Balaban J connectivity index is 1.48. The van der Waals surface area contributed by atoms with Crippen molar-refractivity contribution in [3.8, 4) is 0 Å². The van der Waals surface area contributed by atoms with Crippen molar-refractivity contribution >= 4 is 17.6 Å². The summed E-state index contributed by atoms with van der Waals surface area (Å²) in [5, 5.41) is 8.33. The predicted octanol–water partition coefficient (Wildman–Crippen LogP) is 3.08. The standard InChI is InChI=1S/C19H20FN3O2/c20-15-5-1-3-13(11-15)9-10-21-19(25)23-17-6-2-4-14(12-17)18(24)22-16-7-8-16/h1-6,11-12,16H,7-10H2,(H,22,24)(H2,21,23,25). The van der Waals surface area contributed by atoms with E-state index in [1.165, 1.54) is 12.1 Å². The third-order valence-electron chi connectivity index (χ3n) is 3.88. The molecular weight excluding hydrogens is 321 g/mol. The highest BCUT2D eigenvalue weighted by Crippen LogP contribution is 2.20. The second-order valence-electron chi connectivity index (χ2n) is 6.09. The molecule has 1 aliphatic carbocycles. The Morgan fingerprint density at radius 2 is 1.88 bits per heavy atom. The smallest absolute Gasteiger partial charge is 0.319 e. The van der Waals surface area contributed by atoms with Gasteiger partial charge < -0.3 is 16.0 Å². The minimum atomic E-state index is -0.365. The van der Waals surface area contributed by atoms with Crippen molar-refractivity contribution in [2.24, 2.45) is 0 Å². The molecule has 0 aliphatic heterocycles. The van der Waals surface area contributed by atoms with E-state index < -0.39 is 0 Å². The normalized spacial score (nSPS) is 13.2. The second-order valence-corrected chi connectivity index (χ2v) is 6.09. The van der Waals surface area contributed by atoms with Crippen molar-refractivity contribution in [1.29, 1.82) is 0 Å². The van der Waals surface area contributed by atoms with Crippen LogP contribution in [0.3, 0.4) is 0 Å². The lowest BCUT2D eigenvalue weighted by Gasteiger charge is -2.09. The quantitative estimate of drug-likeness (QED) is 0.756. The molecule has 0 saturated heterocycles. The fourth-order valence-electron chi connectivity index (χ4n) is 2.42. The van der Waals surface area contributed by atoms with Crippen molar-refractivity contribution < 1.29 is 14.0 Å². The van der Waals surface area contributed by atoms with Crippen LogP contribution in [-0.2, 0) is 6.42 Å². The number of halogens is 1. The van der Waals surface area contributed by atoms with Gasteiger partial charge in [-0.3, -0.25) is 4.79 Å². The Kier molecular flexibility index (Phi) is 5.28. The molecule has 0 aromatic heterocycles. The lowest BCUT2D eigenvalue weighted by molar-refractivity contribution is 0.0951. The van der Waals surface area contributed by atoms with Crippen LogP contribution < -0.4 is 16.0 Å². The molecule has 25 heavy (non-hydrogen) atoms. The Morgan fingerprint density at radius 3 is 2.64 bits per heavy atom. The van der Waals surface area contributed by atoms with E-state index in [2.05, 4.69) is 16.0 Å². The average molecular weight is 341 g/mol. The predicted molar refractivity (Wildman–Crippen MR) is 94.1 cm³/mol. The molecule has 0 heterocycles. The Bertz CT molecular complexity index is 775. The number of urea groups is 1. The van der Waals surface area contributed by atoms with Gasteiger partial charge in [0.2, 0.25) is 0 Å². The highest BCUT2D eigenvalue weighted by atomic mass is 19.1. The van der Waals surface area contributed by atoms with E-state index in [0.29, 0.717) is 24.2 Å². The summed E-state index contributed by atoms with van der Waals surface area (Å²) in [6, 6.07) is 13.0. The van der Waals surface area contributed by atoms with Gasteiger partial charge in [-0.2, -0.15) is 0 Å².